The van der Waals surface area contributed by atoms with Crippen LogP contribution in [-0.4, -0.2) is 35.0 Å². The fourth-order valence-electron chi connectivity index (χ4n) is 2.57. The van der Waals surface area contributed by atoms with Gasteiger partial charge in [0.1, 0.15) is 11.6 Å². The summed E-state index contributed by atoms with van der Waals surface area (Å²) >= 11 is 0. The molecule has 114 valence electrons. The molecule has 0 radical (unpaired) electrons. The molecule has 4 nitrogen and oxygen atoms in total. The number of nitrogens with zero attached hydrogens (tertiary/aromatic N) is 1. The van der Waals surface area contributed by atoms with Gasteiger partial charge in [-0.2, -0.15) is 0 Å². The summed E-state index contributed by atoms with van der Waals surface area (Å²) in [4.78, 5) is 24.3. The lowest BCUT2D eigenvalue weighted by atomic mass is 9.93. The quantitative estimate of drug-likeness (QED) is 0.927. The first-order valence-corrected chi connectivity index (χ1v) is 6.89. The first-order valence-electron chi connectivity index (χ1n) is 6.89. The van der Waals surface area contributed by atoms with Gasteiger partial charge in [0.05, 0.1) is 6.42 Å². The Morgan fingerprint density at radius 1 is 1.24 bits per heavy atom. The van der Waals surface area contributed by atoms with Gasteiger partial charge in [0, 0.05) is 25.6 Å². The maximum atomic E-state index is 13.5. The summed E-state index contributed by atoms with van der Waals surface area (Å²) in [5.74, 6) is -2.33. The molecule has 1 fully saturated rings. The second-order valence-electron chi connectivity index (χ2n) is 5.33. The van der Waals surface area contributed by atoms with Crippen LogP contribution in [0.4, 0.5) is 8.78 Å². The number of amides is 1. The van der Waals surface area contributed by atoms with Gasteiger partial charge >= 0.3 is 5.97 Å². The van der Waals surface area contributed by atoms with Crippen LogP contribution < -0.4 is 0 Å². The van der Waals surface area contributed by atoms with Crippen molar-refractivity contribution in [2.75, 3.05) is 13.1 Å². The monoisotopic (exact) mass is 297 g/mol. The predicted octanol–water partition coefficient (Wildman–Crippen LogP) is 2.22. The van der Waals surface area contributed by atoms with Crippen LogP contribution in [0.25, 0.3) is 0 Å². The fraction of sp³-hybridized carbons (Fsp3) is 0.467. The predicted molar refractivity (Wildman–Crippen MR) is 71.6 cm³/mol. The van der Waals surface area contributed by atoms with Crippen LogP contribution in [0.5, 0.6) is 0 Å². The van der Waals surface area contributed by atoms with E-state index in [1.165, 1.54) is 6.07 Å². The summed E-state index contributed by atoms with van der Waals surface area (Å²) in [6.07, 6.45) is 1.30. The smallest absolute Gasteiger partial charge is 0.303 e. The van der Waals surface area contributed by atoms with Gasteiger partial charge in [-0.25, -0.2) is 8.78 Å². The molecular formula is C15H17F2NO3. The topological polar surface area (TPSA) is 57.6 Å². The van der Waals surface area contributed by atoms with Gasteiger partial charge in [-0.15, -0.1) is 0 Å². The highest BCUT2D eigenvalue weighted by Crippen LogP contribution is 2.21. The maximum absolute atomic E-state index is 13.5. The first-order chi connectivity index (χ1) is 9.95. The molecule has 6 heteroatoms. The van der Waals surface area contributed by atoms with Gasteiger partial charge < -0.3 is 10.0 Å². The average molecular weight is 297 g/mol. The van der Waals surface area contributed by atoms with E-state index >= 15 is 0 Å². The van der Waals surface area contributed by atoms with E-state index in [1.807, 2.05) is 0 Å². The Kier molecular flexibility index (Phi) is 4.88. The number of hydrogen-bond donors (Lipinski definition) is 1. The number of carboxylic acid groups (broad SMARTS) is 1. The number of piperidine rings is 1. The fourth-order valence-corrected chi connectivity index (χ4v) is 2.57. The summed E-state index contributed by atoms with van der Waals surface area (Å²) in [5.41, 5.74) is 0.175. The zero-order chi connectivity index (χ0) is 15.4. The highest BCUT2D eigenvalue weighted by Gasteiger charge is 2.24. The van der Waals surface area contributed by atoms with Gasteiger partial charge in [-0.1, -0.05) is 6.07 Å². The number of carbonyl (C=O) groups is 2. The van der Waals surface area contributed by atoms with Crippen LogP contribution in [0, 0.1) is 17.6 Å². The third-order valence-electron chi connectivity index (χ3n) is 3.79. The Labute approximate surface area is 121 Å². The van der Waals surface area contributed by atoms with Crippen LogP contribution >= 0.6 is 0 Å². The summed E-state index contributed by atoms with van der Waals surface area (Å²) < 4.78 is 26.3. The highest BCUT2D eigenvalue weighted by molar-refractivity contribution is 5.79. The molecule has 1 aliphatic heterocycles. The second kappa shape index (κ2) is 6.65. The van der Waals surface area contributed by atoms with E-state index in [9.17, 15) is 18.4 Å². The number of carboxylic acids is 1. The Morgan fingerprint density at radius 2 is 1.90 bits per heavy atom. The summed E-state index contributed by atoms with van der Waals surface area (Å²) in [5, 5.41) is 8.74. The van der Waals surface area contributed by atoms with E-state index in [2.05, 4.69) is 0 Å². The van der Waals surface area contributed by atoms with Crippen LogP contribution in [0.15, 0.2) is 18.2 Å². The van der Waals surface area contributed by atoms with Crippen molar-refractivity contribution in [3.05, 3.63) is 35.4 Å². The normalized spacial score (nSPS) is 16.0. The van der Waals surface area contributed by atoms with Crippen molar-refractivity contribution in [1.29, 1.82) is 0 Å². The summed E-state index contributed by atoms with van der Waals surface area (Å²) in [6.45, 7) is 0.971. The van der Waals surface area contributed by atoms with E-state index < -0.39 is 17.6 Å². The molecule has 2 rings (SSSR count). The molecular weight excluding hydrogens is 280 g/mol. The molecule has 0 spiro atoms. The molecule has 0 atom stereocenters. The summed E-state index contributed by atoms with van der Waals surface area (Å²) in [6, 6.07) is 3.17. The molecule has 1 heterocycles. The minimum atomic E-state index is -0.826. The van der Waals surface area contributed by atoms with Gasteiger partial charge in [-0.05, 0) is 30.4 Å². The molecule has 1 amide bonds. The average Bonchev–Trinajstić information content (AvgIpc) is 2.42. The zero-order valence-electron chi connectivity index (χ0n) is 11.5. The first kappa shape index (κ1) is 15.4. The van der Waals surface area contributed by atoms with E-state index in [0.29, 0.717) is 25.9 Å². The molecule has 1 aromatic rings. The van der Waals surface area contributed by atoms with Crippen LogP contribution in [0.2, 0.25) is 0 Å². The van der Waals surface area contributed by atoms with E-state index in [0.717, 1.165) is 12.1 Å². The Bertz CT molecular complexity index is 540. The van der Waals surface area contributed by atoms with E-state index in [-0.39, 0.29) is 30.2 Å². The number of rotatable bonds is 4. The number of halogens is 2. The van der Waals surface area contributed by atoms with Crippen LogP contribution in [0.1, 0.15) is 24.8 Å². The van der Waals surface area contributed by atoms with Crippen LogP contribution in [-0.2, 0) is 16.0 Å². The second-order valence-corrected chi connectivity index (χ2v) is 5.33. The summed E-state index contributed by atoms with van der Waals surface area (Å²) in [7, 11) is 0. The van der Waals surface area contributed by atoms with Crippen LogP contribution in [0.3, 0.4) is 0 Å². The van der Waals surface area contributed by atoms with Crippen molar-refractivity contribution in [3.8, 4) is 0 Å². The molecule has 1 aliphatic rings. The minimum absolute atomic E-state index is 0.0918. The molecule has 0 aliphatic carbocycles. The Hall–Kier alpha value is -1.98. The molecule has 0 aromatic heterocycles. The van der Waals surface area contributed by atoms with E-state index in [4.69, 9.17) is 5.11 Å². The number of benzene rings is 1. The van der Waals surface area contributed by atoms with Crippen molar-refractivity contribution in [1.82, 2.24) is 4.90 Å². The number of likely N-dealkylation sites (tertiary alicyclic amines) is 1. The highest BCUT2D eigenvalue weighted by atomic mass is 19.1. The largest absolute Gasteiger partial charge is 0.481 e. The molecule has 1 saturated heterocycles. The van der Waals surface area contributed by atoms with Crippen molar-refractivity contribution in [3.63, 3.8) is 0 Å². The molecule has 0 saturated carbocycles. The lowest BCUT2D eigenvalue weighted by Crippen LogP contribution is -2.39. The van der Waals surface area contributed by atoms with Gasteiger partial charge in [0.2, 0.25) is 5.91 Å². The third-order valence-corrected chi connectivity index (χ3v) is 3.79. The molecule has 1 aromatic carbocycles. The minimum Gasteiger partial charge on any atom is -0.481 e. The third kappa shape index (κ3) is 4.24. The Morgan fingerprint density at radius 3 is 2.48 bits per heavy atom. The lowest BCUT2D eigenvalue weighted by molar-refractivity contribution is -0.138. The van der Waals surface area contributed by atoms with Crippen molar-refractivity contribution < 1.29 is 23.5 Å². The lowest BCUT2D eigenvalue weighted by Gasteiger charge is -2.31. The molecule has 1 N–H and O–H groups in total. The number of aliphatic carboxylic acids is 1. The van der Waals surface area contributed by atoms with Crippen molar-refractivity contribution >= 4 is 11.9 Å². The van der Waals surface area contributed by atoms with Gasteiger partial charge in [-0.3, -0.25) is 9.59 Å². The van der Waals surface area contributed by atoms with Crippen molar-refractivity contribution in [2.45, 2.75) is 25.7 Å². The Balaban J connectivity index is 1.89. The standard InChI is InChI=1S/C15H17F2NO3/c16-12-2-1-11(13(17)9-12)8-14(19)18-5-3-10(4-6-18)7-15(20)21/h1-2,9-10H,3-8H2,(H,20,21). The van der Waals surface area contributed by atoms with Crippen molar-refractivity contribution in [2.24, 2.45) is 5.92 Å². The molecule has 0 bridgehead atoms. The van der Waals surface area contributed by atoms with Gasteiger partial charge in [0.15, 0.2) is 0 Å². The zero-order valence-corrected chi connectivity index (χ0v) is 11.5. The number of hydrogen-bond acceptors (Lipinski definition) is 2. The number of carbonyl (C=O) groups excluding carboxylic acids is 1. The molecule has 0 unspecified atom stereocenters. The SMILES string of the molecule is O=C(O)CC1CCN(C(=O)Cc2ccc(F)cc2F)CC1. The van der Waals surface area contributed by atoms with E-state index in [1.54, 1.807) is 4.90 Å². The maximum Gasteiger partial charge on any atom is 0.303 e. The molecule has 21 heavy (non-hydrogen) atoms. The van der Waals surface area contributed by atoms with Gasteiger partial charge in [0.25, 0.3) is 0 Å².